The van der Waals surface area contributed by atoms with Crippen LogP contribution in [0, 0.1) is 0 Å². The van der Waals surface area contributed by atoms with E-state index in [9.17, 15) is 0 Å². The molecule has 0 aliphatic heterocycles. The zero-order valence-corrected chi connectivity index (χ0v) is 29.0. The van der Waals surface area contributed by atoms with E-state index in [-0.39, 0.29) is 0 Å². The Labute approximate surface area is 310 Å². The van der Waals surface area contributed by atoms with Crippen molar-refractivity contribution in [2.75, 3.05) is 4.90 Å². The molecule has 0 atom stereocenters. The van der Waals surface area contributed by atoms with Gasteiger partial charge in [-0.2, -0.15) is 0 Å². The zero-order chi connectivity index (χ0) is 35.4. The van der Waals surface area contributed by atoms with Gasteiger partial charge in [0.2, 0.25) is 0 Å². The lowest BCUT2D eigenvalue weighted by Crippen LogP contribution is -2.10. The number of anilines is 3. The summed E-state index contributed by atoms with van der Waals surface area (Å²) in [6, 6.07) is 74.6. The number of hydrogen-bond donors (Lipinski definition) is 0. The highest BCUT2D eigenvalue weighted by molar-refractivity contribution is 5.88. The molecule has 9 aromatic rings. The van der Waals surface area contributed by atoms with Crippen molar-refractivity contribution in [3.8, 4) is 55.9 Å². The van der Waals surface area contributed by atoms with E-state index in [1.807, 2.05) is 42.5 Å². The molecule has 1 heterocycles. The fourth-order valence-electron chi connectivity index (χ4n) is 6.98. The van der Waals surface area contributed by atoms with Crippen molar-refractivity contribution in [2.45, 2.75) is 0 Å². The molecule has 0 aliphatic carbocycles. The van der Waals surface area contributed by atoms with Gasteiger partial charge in [0.15, 0.2) is 0 Å². The van der Waals surface area contributed by atoms with Crippen LogP contribution in [-0.4, -0.2) is 9.97 Å². The van der Waals surface area contributed by atoms with Crippen molar-refractivity contribution in [3.05, 3.63) is 212 Å². The lowest BCUT2D eigenvalue weighted by Gasteiger charge is -2.26. The number of benzene rings is 8. The van der Waals surface area contributed by atoms with Crippen LogP contribution in [0.5, 0.6) is 0 Å². The number of nitrogens with zero attached hydrogens (tertiary/aromatic N) is 3. The Kier molecular flexibility index (Phi) is 8.57. The molecule has 0 spiro atoms. The standard InChI is InChI=1S/C50H35N3/c1-4-14-36(15-5-1)38-26-30-44(31-27-38)53(46-23-13-22-43(35-46)42-21-12-20-41(34-42)37-16-6-2-7-17-37)45-32-28-40(29-33-45)50-49(39-18-8-3-9-19-39)51-47-24-10-11-25-48(47)52-50/h1-35H. The molecule has 0 amide bonds. The van der Waals surface area contributed by atoms with Gasteiger partial charge in [0.1, 0.15) is 0 Å². The van der Waals surface area contributed by atoms with Gasteiger partial charge in [-0.05, 0) is 88.0 Å². The summed E-state index contributed by atoms with van der Waals surface area (Å²) in [5.74, 6) is 0. The Balaban J connectivity index is 1.14. The third-order valence-electron chi connectivity index (χ3n) is 9.66. The summed E-state index contributed by atoms with van der Waals surface area (Å²) in [6.45, 7) is 0. The molecule has 250 valence electrons. The number of hydrogen-bond acceptors (Lipinski definition) is 3. The topological polar surface area (TPSA) is 29.0 Å². The normalized spacial score (nSPS) is 11.0. The first kappa shape index (κ1) is 31.9. The first-order chi connectivity index (χ1) is 26.3. The molecule has 0 N–H and O–H groups in total. The predicted octanol–water partition coefficient (Wildman–Crippen LogP) is 13.4. The quantitative estimate of drug-likeness (QED) is 0.160. The maximum atomic E-state index is 5.15. The first-order valence-corrected chi connectivity index (χ1v) is 17.9. The summed E-state index contributed by atoms with van der Waals surface area (Å²) in [7, 11) is 0. The molecule has 53 heavy (non-hydrogen) atoms. The summed E-state index contributed by atoms with van der Waals surface area (Å²) in [5, 5.41) is 0. The van der Waals surface area contributed by atoms with Gasteiger partial charge in [-0.1, -0.05) is 158 Å². The van der Waals surface area contributed by atoms with E-state index in [4.69, 9.17) is 9.97 Å². The molecule has 0 bridgehead atoms. The summed E-state index contributed by atoms with van der Waals surface area (Å²) >= 11 is 0. The summed E-state index contributed by atoms with van der Waals surface area (Å²) < 4.78 is 0. The van der Waals surface area contributed by atoms with Crippen LogP contribution < -0.4 is 4.90 Å². The minimum absolute atomic E-state index is 0.862. The fraction of sp³-hybridized carbons (Fsp3) is 0. The molecular weight excluding hydrogens is 643 g/mol. The van der Waals surface area contributed by atoms with Gasteiger partial charge in [-0.3, -0.25) is 0 Å². The SMILES string of the molecule is c1ccc(-c2ccc(N(c3ccc(-c4nc5ccccc5nc4-c4ccccc4)cc3)c3cccc(-c4cccc(-c5ccccc5)c4)c3)cc2)cc1. The Morgan fingerprint density at radius 3 is 1.15 bits per heavy atom. The Hall–Kier alpha value is -7.10. The van der Waals surface area contributed by atoms with E-state index in [1.165, 1.54) is 27.8 Å². The summed E-state index contributed by atoms with van der Waals surface area (Å²) in [6.07, 6.45) is 0. The molecule has 3 nitrogen and oxygen atoms in total. The van der Waals surface area contributed by atoms with Gasteiger partial charge < -0.3 is 4.90 Å². The lowest BCUT2D eigenvalue weighted by molar-refractivity contribution is 1.27. The average molecular weight is 678 g/mol. The second-order valence-corrected chi connectivity index (χ2v) is 13.1. The van der Waals surface area contributed by atoms with Gasteiger partial charge in [0, 0.05) is 28.2 Å². The Bertz CT molecular complexity index is 2640. The highest BCUT2D eigenvalue weighted by Gasteiger charge is 2.17. The van der Waals surface area contributed by atoms with Crippen molar-refractivity contribution >= 4 is 28.1 Å². The predicted molar refractivity (Wildman–Crippen MR) is 221 cm³/mol. The molecule has 0 radical (unpaired) electrons. The Morgan fingerprint density at radius 1 is 0.245 bits per heavy atom. The van der Waals surface area contributed by atoms with E-state index >= 15 is 0 Å². The highest BCUT2D eigenvalue weighted by Crippen LogP contribution is 2.39. The molecule has 8 aromatic carbocycles. The van der Waals surface area contributed by atoms with Crippen LogP contribution in [0.15, 0.2) is 212 Å². The van der Waals surface area contributed by atoms with Crippen LogP contribution in [0.2, 0.25) is 0 Å². The molecule has 3 heteroatoms. The summed E-state index contributed by atoms with van der Waals surface area (Å²) in [5.41, 5.74) is 15.8. The van der Waals surface area contributed by atoms with Gasteiger partial charge in [0.25, 0.3) is 0 Å². The second-order valence-electron chi connectivity index (χ2n) is 13.1. The van der Waals surface area contributed by atoms with Crippen LogP contribution in [0.4, 0.5) is 17.1 Å². The van der Waals surface area contributed by atoms with Crippen LogP contribution in [0.1, 0.15) is 0 Å². The maximum absolute atomic E-state index is 5.15. The molecule has 9 rings (SSSR count). The molecule has 0 saturated carbocycles. The lowest BCUT2D eigenvalue weighted by atomic mass is 9.98. The minimum atomic E-state index is 0.862. The van der Waals surface area contributed by atoms with E-state index < -0.39 is 0 Å². The largest absolute Gasteiger partial charge is 0.310 e. The number of fused-ring (bicyclic) bond motifs is 1. The van der Waals surface area contributed by atoms with Crippen molar-refractivity contribution < 1.29 is 0 Å². The highest BCUT2D eigenvalue weighted by atomic mass is 15.1. The minimum Gasteiger partial charge on any atom is -0.310 e. The zero-order valence-electron chi connectivity index (χ0n) is 29.0. The smallest absolute Gasteiger partial charge is 0.0973 e. The van der Waals surface area contributed by atoms with Crippen molar-refractivity contribution in [1.82, 2.24) is 9.97 Å². The van der Waals surface area contributed by atoms with E-state index in [2.05, 4.69) is 175 Å². The monoisotopic (exact) mass is 677 g/mol. The van der Waals surface area contributed by atoms with Gasteiger partial charge in [0.05, 0.1) is 22.4 Å². The third kappa shape index (κ3) is 6.60. The fourth-order valence-corrected chi connectivity index (χ4v) is 6.98. The van der Waals surface area contributed by atoms with Crippen LogP contribution in [-0.2, 0) is 0 Å². The molecule has 0 unspecified atom stereocenters. The molecule has 0 aliphatic rings. The number of aromatic nitrogens is 2. The number of rotatable bonds is 8. The molecule has 0 saturated heterocycles. The average Bonchev–Trinajstić information content (AvgIpc) is 3.25. The van der Waals surface area contributed by atoms with Crippen LogP contribution in [0.3, 0.4) is 0 Å². The molecule has 1 aromatic heterocycles. The van der Waals surface area contributed by atoms with Crippen LogP contribution >= 0.6 is 0 Å². The molecular formula is C50H35N3. The maximum Gasteiger partial charge on any atom is 0.0973 e. The Morgan fingerprint density at radius 2 is 0.604 bits per heavy atom. The van der Waals surface area contributed by atoms with Crippen LogP contribution in [0.25, 0.3) is 66.9 Å². The van der Waals surface area contributed by atoms with Gasteiger partial charge in [-0.15, -0.1) is 0 Å². The summed E-state index contributed by atoms with van der Waals surface area (Å²) in [4.78, 5) is 12.6. The number of para-hydroxylation sites is 2. The first-order valence-electron chi connectivity index (χ1n) is 17.9. The van der Waals surface area contributed by atoms with Crippen molar-refractivity contribution in [1.29, 1.82) is 0 Å². The third-order valence-corrected chi connectivity index (χ3v) is 9.66. The van der Waals surface area contributed by atoms with Crippen molar-refractivity contribution in [3.63, 3.8) is 0 Å². The second kappa shape index (κ2) is 14.3. The van der Waals surface area contributed by atoms with Crippen molar-refractivity contribution in [2.24, 2.45) is 0 Å². The van der Waals surface area contributed by atoms with Gasteiger partial charge in [-0.25, -0.2) is 9.97 Å². The van der Waals surface area contributed by atoms with E-state index in [0.29, 0.717) is 0 Å². The van der Waals surface area contributed by atoms with Gasteiger partial charge >= 0.3 is 0 Å². The van der Waals surface area contributed by atoms with E-state index in [0.717, 1.165) is 56.2 Å². The van der Waals surface area contributed by atoms with E-state index in [1.54, 1.807) is 0 Å². The molecule has 0 fully saturated rings.